The van der Waals surface area contributed by atoms with Crippen molar-refractivity contribution < 1.29 is 9.15 Å². The monoisotopic (exact) mass is 903 g/mol. The lowest BCUT2D eigenvalue weighted by Gasteiger charge is -2.08. The van der Waals surface area contributed by atoms with E-state index in [4.69, 9.17) is 30.7 Å². The van der Waals surface area contributed by atoms with Crippen LogP contribution in [-0.2, 0) is 6.61 Å². The van der Waals surface area contributed by atoms with Crippen LogP contribution >= 0.6 is 11.6 Å². The van der Waals surface area contributed by atoms with E-state index in [1.807, 2.05) is 43.5 Å². The number of H-pyrrole nitrogens is 2. The lowest BCUT2D eigenvalue weighted by atomic mass is 10.0. The Morgan fingerprint density at radius 3 is 1.50 bits per heavy atom. The van der Waals surface area contributed by atoms with Crippen molar-refractivity contribution >= 4 is 68.9 Å². The van der Waals surface area contributed by atoms with Gasteiger partial charge in [0.05, 0.1) is 39.7 Å². The molecular weight excluding hydrogens is 866 g/mol. The van der Waals surface area contributed by atoms with Gasteiger partial charge in [-0.1, -0.05) is 120 Å². The quantitative estimate of drug-likeness (QED) is 0.145. The van der Waals surface area contributed by atoms with Crippen molar-refractivity contribution in [1.82, 2.24) is 34.9 Å². The molecule has 2 aliphatic rings. The molecule has 2 aliphatic heterocycles. The minimum atomic E-state index is -0.436. The molecule has 0 fully saturated rings. The second-order valence-corrected chi connectivity index (χ2v) is 17.0. The standard InChI is InChI=1S/C57H38ClN7O3/c1-34-29-53(66)68-51-31-52(42(58)30-41(34)51)67-33-39-32-65(64-63-39)40-19-17-38(18-20-40)57-49-27-25-47(61-49)55(36-13-7-3-8-14-36)45-23-21-43(59-45)54(35-11-5-2-6-12-35)44-22-24-46(60-44)56(37-15-9-4-10-16-37)48-26-28-50(57)62-48/h2-32,59,62H,33H2,1H3. The van der Waals surface area contributed by atoms with Gasteiger partial charge < -0.3 is 19.1 Å². The second-order valence-electron chi connectivity index (χ2n) is 16.6. The molecule has 5 aromatic heterocycles. The van der Waals surface area contributed by atoms with E-state index in [1.165, 1.54) is 6.07 Å². The van der Waals surface area contributed by atoms with Crippen LogP contribution < -0.4 is 10.4 Å². The fourth-order valence-corrected chi connectivity index (χ4v) is 9.31. The van der Waals surface area contributed by atoms with Crippen molar-refractivity contribution in [2.75, 3.05) is 0 Å². The third-order valence-corrected chi connectivity index (χ3v) is 12.6. The van der Waals surface area contributed by atoms with Crippen LogP contribution in [0.4, 0.5) is 0 Å². The van der Waals surface area contributed by atoms with Gasteiger partial charge in [-0.15, -0.1) is 5.10 Å². The number of aryl methyl sites for hydroxylation is 1. The highest BCUT2D eigenvalue weighted by Gasteiger charge is 2.19. The summed E-state index contributed by atoms with van der Waals surface area (Å²) in [4.78, 5) is 30.5. The highest BCUT2D eigenvalue weighted by molar-refractivity contribution is 6.32. The van der Waals surface area contributed by atoms with E-state index in [9.17, 15) is 4.79 Å². The van der Waals surface area contributed by atoms with Crippen molar-refractivity contribution in [3.63, 3.8) is 0 Å². The van der Waals surface area contributed by atoms with Crippen LogP contribution in [0.1, 0.15) is 34.0 Å². The molecule has 0 saturated carbocycles. The average Bonchev–Trinajstić information content (AvgIpc) is 4.24. The van der Waals surface area contributed by atoms with Crippen molar-refractivity contribution in [3.8, 4) is 55.9 Å². The first-order valence-corrected chi connectivity index (χ1v) is 22.5. The van der Waals surface area contributed by atoms with E-state index >= 15 is 0 Å². The first kappa shape index (κ1) is 40.6. The number of rotatable bonds is 8. The molecule has 5 aromatic carbocycles. The van der Waals surface area contributed by atoms with Gasteiger partial charge in [-0.2, -0.15) is 0 Å². The van der Waals surface area contributed by atoms with Crippen LogP contribution in [0.5, 0.6) is 5.75 Å². The van der Waals surface area contributed by atoms with Gasteiger partial charge in [0.25, 0.3) is 0 Å². The number of aromatic nitrogens is 7. The van der Waals surface area contributed by atoms with Gasteiger partial charge >= 0.3 is 5.63 Å². The highest BCUT2D eigenvalue weighted by atomic mass is 35.5. The maximum absolute atomic E-state index is 12.0. The number of hydrogen-bond acceptors (Lipinski definition) is 7. The van der Waals surface area contributed by atoms with E-state index in [0.29, 0.717) is 22.0 Å². The van der Waals surface area contributed by atoms with Gasteiger partial charge in [0, 0.05) is 61.8 Å². The molecule has 0 radical (unpaired) electrons. The van der Waals surface area contributed by atoms with Crippen LogP contribution in [0.15, 0.2) is 173 Å². The summed E-state index contributed by atoms with van der Waals surface area (Å²) in [6.07, 6.45) is 10.2. The number of hydrogen-bond donors (Lipinski definition) is 2. The van der Waals surface area contributed by atoms with Gasteiger partial charge in [0.15, 0.2) is 0 Å². The Bertz CT molecular complexity index is 3850. The summed E-state index contributed by atoms with van der Waals surface area (Å²) in [6.45, 7) is 1.93. The van der Waals surface area contributed by atoms with Crippen LogP contribution in [0.3, 0.4) is 0 Å². The van der Waals surface area contributed by atoms with Gasteiger partial charge in [-0.05, 0) is 102 Å². The van der Waals surface area contributed by atoms with Gasteiger partial charge in [-0.3, -0.25) is 0 Å². The molecule has 0 atom stereocenters. The van der Waals surface area contributed by atoms with Crippen LogP contribution in [0.25, 0.3) is 108 Å². The Hall–Kier alpha value is -8.86. The lowest BCUT2D eigenvalue weighted by molar-refractivity contribution is 0.301. The number of nitrogens with zero attached hydrogens (tertiary/aromatic N) is 5. The highest BCUT2D eigenvalue weighted by Crippen LogP contribution is 2.39. The predicted octanol–water partition coefficient (Wildman–Crippen LogP) is 13.6. The molecule has 10 aromatic rings. The summed E-state index contributed by atoms with van der Waals surface area (Å²) < 4.78 is 13.2. The lowest BCUT2D eigenvalue weighted by Crippen LogP contribution is -2.00. The van der Waals surface area contributed by atoms with E-state index in [0.717, 1.165) is 106 Å². The van der Waals surface area contributed by atoms with Crippen molar-refractivity contribution in [2.45, 2.75) is 13.5 Å². The predicted molar refractivity (Wildman–Crippen MR) is 272 cm³/mol. The zero-order valence-electron chi connectivity index (χ0n) is 36.4. The largest absolute Gasteiger partial charge is 0.485 e. The number of nitrogens with one attached hydrogen (secondary N) is 2. The van der Waals surface area contributed by atoms with Crippen LogP contribution in [0.2, 0.25) is 5.02 Å². The van der Waals surface area contributed by atoms with Gasteiger partial charge in [-0.25, -0.2) is 19.4 Å². The number of halogens is 1. The molecule has 8 bridgehead atoms. The number of fused-ring (bicyclic) bond motifs is 9. The Labute approximate surface area is 394 Å². The summed E-state index contributed by atoms with van der Waals surface area (Å²) in [5.41, 5.74) is 17.2. The number of ether oxygens (including phenoxy) is 1. The van der Waals surface area contributed by atoms with Gasteiger partial charge in [0.1, 0.15) is 23.6 Å². The van der Waals surface area contributed by atoms with Crippen molar-refractivity contribution in [2.24, 2.45) is 0 Å². The summed E-state index contributed by atoms with van der Waals surface area (Å²) >= 11 is 6.58. The van der Waals surface area contributed by atoms with Crippen molar-refractivity contribution in [3.05, 3.63) is 213 Å². The Morgan fingerprint density at radius 1 is 0.574 bits per heavy atom. The first-order chi connectivity index (χ1) is 33.4. The summed E-state index contributed by atoms with van der Waals surface area (Å²) in [5.74, 6) is 0.376. The minimum Gasteiger partial charge on any atom is -0.485 e. The number of aromatic amines is 2. The third-order valence-electron chi connectivity index (χ3n) is 12.3. The van der Waals surface area contributed by atoms with E-state index in [1.54, 1.807) is 16.8 Å². The first-order valence-electron chi connectivity index (χ1n) is 22.1. The Kier molecular flexibility index (Phi) is 10.1. The van der Waals surface area contributed by atoms with Crippen LogP contribution in [0, 0.1) is 6.92 Å². The van der Waals surface area contributed by atoms with Crippen molar-refractivity contribution in [1.29, 1.82) is 0 Å². The molecule has 11 heteroatoms. The van der Waals surface area contributed by atoms with E-state index in [-0.39, 0.29) is 6.61 Å². The smallest absolute Gasteiger partial charge is 0.336 e. The Morgan fingerprint density at radius 2 is 1.03 bits per heavy atom. The normalized spacial score (nSPS) is 12.0. The average molecular weight is 904 g/mol. The molecule has 0 spiro atoms. The molecule has 0 amide bonds. The molecule has 7 heterocycles. The van der Waals surface area contributed by atoms with E-state index in [2.05, 4.69) is 154 Å². The molecule has 68 heavy (non-hydrogen) atoms. The molecule has 10 nitrogen and oxygen atoms in total. The second kappa shape index (κ2) is 16.8. The number of benzene rings is 5. The summed E-state index contributed by atoms with van der Waals surface area (Å²) in [5, 5.41) is 9.94. The Balaban J connectivity index is 1.01. The fourth-order valence-electron chi connectivity index (χ4n) is 9.09. The summed E-state index contributed by atoms with van der Waals surface area (Å²) in [6, 6.07) is 52.7. The molecule has 0 aliphatic carbocycles. The third kappa shape index (κ3) is 7.48. The molecule has 326 valence electrons. The molecule has 0 unspecified atom stereocenters. The van der Waals surface area contributed by atoms with E-state index < -0.39 is 5.63 Å². The molecule has 2 N–H and O–H groups in total. The maximum atomic E-state index is 12.0. The zero-order valence-corrected chi connectivity index (χ0v) is 37.2. The van der Waals surface area contributed by atoms with Gasteiger partial charge in [0.2, 0.25) is 0 Å². The molecule has 0 saturated heterocycles. The van der Waals surface area contributed by atoms with Crippen LogP contribution in [-0.4, -0.2) is 34.9 Å². The molecular formula is C57H38ClN7O3. The zero-order chi connectivity index (χ0) is 45.7. The fraction of sp³-hybridized carbons (Fsp3) is 0.0351. The maximum Gasteiger partial charge on any atom is 0.336 e. The topological polar surface area (TPSA) is 128 Å². The SMILES string of the molecule is Cc1cc(=O)oc2cc(OCc3cn(-c4ccc(-c5c6nc(c(-c7ccccc7)c7ccc([nH]7)c(-c7ccccc7)c7nc(c(-c8ccccc8)c8ccc5[nH]8)C=C7)C=C6)cc4)nn3)c(Cl)cc12. The molecule has 12 rings (SSSR count). The summed E-state index contributed by atoms with van der Waals surface area (Å²) in [7, 11) is 0. The minimum absolute atomic E-state index is 0.0964.